The van der Waals surface area contributed by atoms with Gasteiger partial charge in [-0.25, -0.2) is 4.39 Å². The predicted molar refractivity (Wildman–Crippen MR) is 75.3 cm³/mol. The molecule has 1 aliphatic heterocycles. The molecule has 1 saturated heterocycles. The van der Waals surface area contributed by atoms with Gasteiger partial charge in [-0.2, -0.15) is 0 Å². The summed E-state index contributed by atoms with van der Waals surface area (Å²) in [6.45, 7) is 0.278. The molecule has 21 heavy (non-hydrogen) atoms. The lowest BCUT2D eigenvalue weighted by atomic mass is 10.1. The SMILES string of the molecule is NCC#Cc1ccc(F)c(CNC(=O)C2CCC(=O)N2)c1. The zero-order valence-corrected chi connectivity index (χ0v) is 11.4. The summed E-state index contributed by atoms with van der Waals surface area (Å²) in [5.41, 5.74) is 6.27. The van der Waals surface area contributed by atoms with E-state index in [-0.39, 0.29) is 24.9 Å². The van der Waals surface area contributed by atoms with E-state index in [0.29, 0.717) is 24.0 Å². The van der Waals surface area contributed by atoms with Crippen LogP contribution in [0.4, 0.5) is 4.39 Å². The minimum atomic E-state index is -0.527. The van der Waals surface area contributed by atoms with Crippen molar-refractivity contribution in [3.8, 4) is 11.8 Å². The molecule has 1 heterocycles. The molecule has 0 spiro atoms. The number of rotatable bonds is 3. The monoisotopic (exact) mass is 289 g/mol. The summed E-state index contributed by atoms with van der Waals surface area (Å²) in [5.74, 6) is 4.64. The first-order chi connectivity index (χ1) is 10.1. The van der Waals surface area contributed by atoms with Crippen LogP contribution in [0, 0.1) is 17.7 Å². The number of carbonyl (C=O) groups is 2. The Morgan fingerprint density at radius 1 is 1.52 bits per heavy atom. The number of nitrogens with one attached hydrogen (secondary N) is 2. The van der Waals surface area contributed by atoms with Crippen molar-refractivity contribution in [3.05, 3.63) is 35.1 Å². The summed E-state index contributed by atoms with van der Waals surface area (Å²) < 4.78 is 13.7. The van der Waals surface area contributed by atoms with Crippen molar-refractivity contribution in [2.45, 2.75) is 25.4 Å². The van der Waals surface area contributed by atoms with E-state index in [2.05, 4.69) is 22.5 Å². The van der Waals surface area contributed by atoms with Gasteiger partial charge < -0.3 is 16.4 Å². The van der Waals surface area contributed by atoms with Crippen molar-refractivity contribution >= 4 is 11.8 Å². The van der Waals surface area contributed by atoms with E-state index < -0.39 is 11.9 Å². The summed E-state index contributed by atoms with van der Waals surface area (Å²) in [6, 6.07) is 3.91. The third kappa shape index (κ3) is 4.04. The fourth-order valence-corrected chi connectivity index (χ4v) is 2.06. The average Bonchev–Trinajstić information content (AvgIpc) is 2.91. The molecule has 5 nitrogen and oxygen atoms in total. The maximum atomic E-state index is 13.7. The van der Waals surface area contributed by atoms with Crippen molar-refractivity contribution in [1.29, 1.82) is 0 Å². The van der Waals surface area contributed by atoms with Crippen LogP contribution in [0.3, 0.4) is 0 Å². The zero-order valence-electron chi connectivity index (χ0n) is 11.4. The lowest BCUT2D eigenvalue weighted by molar-refractivity contribution is -0.125. The minimum absolute atomic E-state index is 0.0508. The van der Waals surface area contributed by atoms with Crippen molar-refractivity contribution in [1.82, 2.24) is 10.6 Å². The van der Waals surface area contributed by atoms with Crippen LogP contribution < -0.4 is 16.4 Å². The fraction of sp³-hybridized carbons (Fsp3) is 0.333. The summed E-state index contributed by atoms with van der Waals surface area (Å²) in [5, 5.41) is 5.18. The van der Waals surface area contributed by atoms with Gasteiger partial charge in [-0.05, 0) is 24.6 Å². The number of hydrogen-bond acceptors (Lipinski definition) is 3. The Labute approximate surface area is 122 Å². The first-order valence-electron chi connectivity index (χ1n) is 6.64. The molecule has 6 heteroatoms. The van der Waals surface area contributed by atoms with Crippen LogP contribution >= 0.6 is 0 Å². The molecular weight excluding hydrogens is 273 g/mol. The molecule has 1 aromatic carbocycles. The van der Waals surface area contributed by atoms with Crippen LogP contribution in [0.15, 0.2) is 18.2 Å². The predicted octanol–water partition coefficient (Wildman–Crippen LogP) is 0.0307. The van der Waals surface area contributed by atoms with Gasteiger partial charge in [0.25, 0.3) is 0 Å². The van der Waals surface area contributed by atoms with Crippen molar-refractivity contribution < 1.29 is 14.0 Å². The van der Waals surface area contributed by atoms with Gasteiger partial charge in [-0.1, -0.05) is 11.8 Å². The first-order valence-corrected chi connectivity index (χ1v) is 6.64. The molecule has 0 aromatic heterocycles. The molecule has 110 valence electrons. The van der Waals surface area contributed by atoms with E-state index in [1.807, 2.05) is 0 Å². The van der Waals surface area contributed by atoms with E-state index in [1.165, 1.54) is 6.07 Å². The lowest BCUT2D eigenvalue weighted by Crippen LogP contribution is -2.41. The number of benzene rings is 1. The number of amides is 2. The topological polar surface area (TPSA) is 84.2 Å². The second-order valence-corrected chi connectivity index (χ2v) is 4.69. The first kappa shape index (κ1) is 15.0. The largest absolute Gasteiger partial charge is 0.350 e. The van der Waals surface area contributed by atoms with Crippen LogP contribution in [-0.2, 0) is 16.1 Å². The van der Waals surface area contributed by atoms with Gasteiger partial charge in [-0.3, -0.25) is 9.59 Å². The Balaban J connectivity index is 1.99. The van der Waals surface area contributed by atoms with Crippen LogP contribution in [0.2, 0.25) is 0 Å². The second kappa shape index (κ2) is 6.86. The van der Waals surface area contributed by atoms with E-state index >= 15 is 0 Å². The third-order valence-corrected chi connectivity index (χ3v) is 3.15. The van der Waals surface area contributed by atoms with Gasteiger partial charge in [0.1, 0.15) is 11.9 Å². The zero-order chi connectivity index (χ0) is 15.2. The van der Waals surface area contributed by atoms with E-state index in [1.54, 1.807) is 12.1 Å². The highest BCUT2D eigenvalue weighted by Gasteiger charge is 2.26. The van der Waals surface area contributed by atoms with Gasteiger partial charge in [0, 0.05) is 24.1 Å². The maximum Gasteiger partial charge on any atom is 0.242 e. The highest BCUT2D eigenvalue weighted by Crippen LogP contribution is 2.11. The number of halogens is 1. The maximum absolute atomic E-state index is 13.7. The molecule has 1 aliphatic rings. The van der Waals surface area contributed by atoms with Gasteiger partial charge >= 0.3 is 0 Å². The number of carbonyl (C=O) groups excluding carboxylic acids is 2. The Kier molecular flexibility index (Phi) is 4.90. The lowest BCUT2D eigenvalue weighted by Gasteiger charge is -2.11. The molecule has 0 radical (unpaired) electrons. The van der Waals surface area contributed by atoms with E-state index in [0.717, 1.165) is 0 Å². The van der Waals surface area contributed by atoms with E-state index in [4.69, 9.17) is 5.73 Å². The highest BCUT2D eigenvalue weighted by atomic mass is 19.1. The normalized spacial score (nSPS) is 16.9. The van der Waals surface area contributed by atoms with Crippen LogP contribution in [-0.4, -0.2) is 24.4 Å². The molecule has 1 atom stereocenters. The summed E-state index contributed by atoms with van der Waals surface area (Å²) in [7, 11) is 0. The molecule has 4 N–H and O–H groups in total. The Morgan fingerprint density at radius 2 is 2.33 bits per heavy atom. The Bertz CT molecular complexity index is 619. The molecule has 1 fully saturated rings. The van der Waals surface area contributed by atoms with E-state index in [9.17, 15) is 14.0 Å². The van der Waals surface area contributed by atoms with Crippen LogP contribution in [0.5, 0.6) is 0 Å². The number of nitrogens with two attached hydrogens (primary N) is 1. The Morgan fingerprint density at radius 3 is 3.00 bits per heavy atom. The molecular formula is C15H16FN3O2. The molecule has 2 rings (SSSR count). The smallest absolute Gasteiger partial charge is 0.242 e. The highest BCUT2D eigenvalue weighted by molar-refractivity contribution is 5.90. The van der Waals surface area contributed by atoms with Crippen LogP contribution in [0.25, 0.3) is 0 Å². The molecule has 0 saturated carbocycles. The van der Waals surface area contributed by atoms with Gasteiger partial charge in [0.2, 0.25) is 11.8 Å². The summed E-state index contributed by atoms with van der Waals surface area (Å²) in [4.78, 5) is 22.9. The van der Waals surface area contributed by atoms with Crippen molar-refractivity contribution in [3.63, 3.8) is 0 Å². The van der Waals surface area contributed by atoms with Crippen LogP contribution in [0.1, 0.15) is 24.0 Å². The third-order valence-electron chi connectivity index (χ3n) is 3.15. The van der Waals surface area contributed by atoms with Crippen molar-refractivity contribution in [2.75, 3.05) is 6.54 Å². The number of hydrogen-bond donors (Lipinski definition) is 3. The standard InChI is InChI=1S/C15H16FN3O2/c16-12-4-3-10(2-1-7-17)8-11(12)9-18-15(21)13-5-6-14(20)19-13/h3-4,8,13H,5-7,9,17H2,(H,18,21)(H,19,20). The molecule has 0 bridgehead atoms. The molecule has 1 aromatic rings. The fourth-order valence-electron chi connectivity index (χ4n) is 2.06. The quantitative estimate of drug-likeness (QED) is 0.686. The average molecular weight is 289 g/mol. The minimum Gasteiger partial charge on any atom is -0.350 e. The van der Waals surface area contributed by atoms with Gasteiger partial charge in [-0.15, -0.1) is 0 Å². The Hall–Kier alpha value is -2.39. The molecule has 1 unspecified atom stereocenters. The van der Waals surface area contributed by atoms with Crippen molar-refractivity contribution in [2.24, 2.45) is 5.73 Å². The van der Waals surface area contributed by atoms with Gasteiger partial charge in [0.05, 0.1) is 6.54 Å². The summed E-state index contributed by atoms with van der Waals surface area (Å²) >= 11 is 0. The van der Waals surface area contributed by atoms with Gasteiger partial charge in [0.15, 0.2) is 0 Å². The second-order valence-electron chi connectivity index (χ2n) is 4.69. The summed E-state index contributed by atoms with van der Waals surface area (Å²) in [6.07, 6.45) is 0.811. The molecule has 2 amide bonds. The molecule has 0 aliphatic carbocycles.